The molecule has 2 nitrogen and oxygen atoms in total. The minimum atomic E-state index is 0.554. The fourth-order valence-electron chi connectivity index (χ4n) is 2.13. The molecule has 17 heavy (non-hydrogen) atoms. The molecular weight excluding hydrogens is 208 g/mol. The minimum absolute atomic E-state index is 0.554. The zero-order valence-electron chi connectivity index (χ0n) is 11.2. The van der Waals surface area contributed by atoms with Gasteiger partial charge in [0.25, 0.3) is 0 Å². The molecule has 1 aromatic rings. The first-order chi connectivity index (χ1) is 8.18. The smallest absolute Gasteiger partial charge is 0.0349 e. The van der Waals surface area contributed by atoms with Crippen molar-refractivity contribution in [3.05, 3.63) is 35.9 Å². The van der Waals surface area contributed by atoms with E-state index in [1.54, 1.807) is 0 Å². The van der Waals surface area contributed by atoms with Gasteiger partial charge in [-0.1, -0.05) is 30.3 Å². The Morgan fingerprint density at radius 2 is 1.88 bits per heavy atom. The van der Waals surface area contributed by atoms with Crippen LogP contribution in [0.25, 0.3) is 0 Å². The highest BCUT2D eigenvalue weighted by molar-refractivity contribution is 5.21. The summed E-state index contributed by atoms with van der Waals surface area (Å²) in [5.74, 6) is 0.853. The van der Waals surface area contributed by atoms with E-state index in [0.29, 0.717) is 12.1 Å². The van der Waals surface area contributed by atoms with Crippen molar-refractivity contribution in [2.75, 3.05) is 20.6 Å². The average Bonchev–Trinajstić information content (AvgIpc) is 3.15. The number of nitrogens with one attached hydrogen (secondary N) is 1. The normalized spacial score (nSPS) is 19.3. The standard InChI is InChI=1S/C15H24N2/c1-12(17(2)3)11-16-15(14-9-10-14)13-7-5-4-6-8-13/h4-8,12,14-16H,9-11H2,1-3H3. The molecule has 0 aliphatic heterocycles. The summed E-state index contributed by atoms with van der Waals surface area (Å²) in [4.78, 5) is 2.27. The Hall–Kier alpha value is -0.860. The molecule has 0 radical (unpaired) electrons. The predicted octanol–water partition coefficient (Wildman–Crippen LogP) is 2.68. The van der Waals surface area contributed by atoms with Crippen LogP contribution in [0.2, 0.25) is 0 Å². The second-order valence-electron chi connectivity index (χ2n) is 5.45. The van der Waals surface area contributed by atoms with Crippen LogP contribution >= 0.6 is 0 Å². The molecule has 1 N–H and O–H groups in total. The highest BCUT2D eigenvalue weighted by Crippen LogP contribution is 2.40. The van der Waals surface area contributed by atoms with E-state index < -0.39 is 0 Å². The molecular formula is C15H24N2. The molecule has 0 bridgehead atoms. The molecule has 1 aliphatic carbocycles. The number of nitrogens with zero attached hydrogens (tertiary/aromatic N) is 1. The molecule has 2 atom stereocenters. The lowest BCUT2D eigenvalue weighted by atomic mass is 10.0. The molecule has 0 heterocycles. The molecule has 2 unspecified atom stereocenters. The summed E-state index contributed by atoms with van der Waals surface area (Å²) in [6.07, 6.45) is 2.76. The molecule has 1 fully saturated rings. The Labute approximate surface area is 105 Å². The third-order valence-corrected chi connectivity index (χ3v) is 3.77. The molecule has 0 saturated heterocycles. The summed E-state index contributed by atoms with van der Waals surface area (Å²) in [6, 6.07) is 12.0. The van der Waals surface area contributed by atoms with Gasteiger partial charge in [-0.15, -0.1) is 0 Å². The summed E-state index contributed by atoms with van der Waals surface area (Å²) in [7, 11) is 4.28. The predicted molar refractivity (Wildman–Crippen MR) is 73.1 cm³/mol. The molecule has 1 saturated carbocycles. The highest BCUT2D eigenvalue weighted by Gasteiger charge is 2.32. The Bertz CT molecular complexity index is 330. The van der Waals surface area contributed by atoms with E-state index >= 15 is 0 Å². The molecule has 0 aromatic heterocycles. The van der Waals surface area contributed by atoms with Gasteiger partial charge in [0.2, 0.25) is 0 Å². The molecule has 1 aliphatic rings. The fraction of sp³-hybridized carbons (Fsp3) is 0.600. The van der Waals surface area contributed by atoms with Gasteiger partial charge in [0, 0.05) is 18.6 Å². The van der Waals surface area contributed by atoms with Crippen molar-refractivity contribution in [2.24, 2.45) is 5.92 Å². The number of hydrogen-bond donors (Lipinski definition) is 1. The first-order valence-corrected chi connectivity index (χ1v) is 6.63. The van der Waals surface area contributed by atoms with E-state index in [1.165, 1.54) is 18.4 Å². The van der Waals surface area contributed by atoms with Gasteiger partial charge in [0.1, 0.15) is 0 Å². The zero-order chi connectivity index (χ0) is 12.3. The Balaban J connectivity index is 1.94. The van der Waals surface area contributed by atoms with Gasteiger partial charge in [0.05, 0.1) is 0 Å². The van der Waals surface area contributed by atoms with E-state index in [9.17, 15) is 0 Å². The number of likely N-dealkylation sites (N-methyl/N-ethyl adjacent to an activating group) is 1. The molecule has 0 amide bonds. The summed E-state index contributed by atoms with van der Waals surface area (Å²) in [5.41, 5.74) is 1.45. The summed E-state index contributed by atoms with van der Waals surface area (Å²) in [5, 5.41) is 3.74. The van der Waals surface area contributed by atoms with E-state index in [0.717, 1.165) is 12.5 Å². The van der Waals surface area contributed by atoms with Crippen molar-refractivity contribution in [3.63, 3.8) is 0 Å². The first-order valence-electron chi connectivity index (χ1n) is 6.63. The largest absolute Gasteiger partial charge is 0.308 e. The van der Waals surface area contributed by atoms with Crippen molar-refractivity contribution in [3.8, 4) is 0 Å². The minimum Gasteiger partial charge on any atom is -0.308 e. The van der Waals surface area contributed by atoms with Crippen LogP contribution in [-0.4, -0.2) is 31.6 Å². The molecule has 2 heteroatoms. The monoisotopic (exact) mass is 232 g/mol. The van der Waals surface area contributed by atoms with Crippen LogP contribution in [0.3, 0.4) is 0 Å². The lowest BCUT2D eigenvalue weighted by Gasteiger charge is -2.25. The molecule has 2 rings (SSSR count). The van der Waals surface area contributed by atoms with Crippen LogP contribution in [0.1, 0.15) is 31.4 Å². The van der Waals surface area contributed by atoms with Crippen molar-refractivity contribution in [1.82, 2.24) is 10.2 Å². The number of benzene rings is 1. The van der Waals surface area contributed by atoms with Crippen LogP contribution in [-0.2, 0) is 0 Å². The summed E-state index contributed by atoms with van der Waals surface area (Å²) >= 11 is 0. The topological polar surface area (TPSA) is 15.3 Å². The van der Waals surface area contributed by atoms with Gasteiger partial charge >= 0.3 is 0 Å². The van der Waals surface area contributed by atoms with Crippen LogP contribution in [0.5, 0.6) is 0 Å². The lowest BCUT2D eigenvalue weighted by molar-refractivity contribution is 0.288. The maximum Gasteiger partial charge on any atom is 0.0349 e. The summed E-state index contributed by atoms with van der Waals surface area (Å²) in [6.45, 7) is 3.32. The fourth-order valence-corrected chi connectivity index (χ4v) is 2.13. The van der Waals surface area contributed by atoms with E-state index in [-0.39, 0.29) is 0 Å². The van der Waals surface area contributed by atoms with Crippen LogP contribution in [0, 0.1) is 5.92 Å². The average molecular weight is 232 g/mol. The summed E-state index contributed by atoms with van der Waals surface area (Å²) < 4.78 is 0. The third kappa shape index (κ3) is 3.55. The molecule has 1 aromatic carbocycles. The van der Waals surface area contributed by atoms with Crippen molar-refractivity contribution in [1.29, 1.82) is 0 Å². The third-order valence-electron chi connectivity index (χ3n) is 3.77. The second-order valence-corrected chi connectivity index (χ2v) is 5.45. The Kier molecular flexibility index (Phi) is 4.19. The van der Waals surface area contributed by atoms with Crippen molar-refractivity contribution < 1.29 is 0 Å². The quantitative estimate of drug-likeness (QED) is 0.811. The molecule has 94 valence electrons. The zero-order valence-corrected chi connectivity index (χ0v) is 11.2. The maximum atomic E-state index is 3.74. The highest BCUT2D eigenvalue weighted by atomic mass is 15.1. The maximum absolute atomic E-state index is 3.74. The molecule has 0 spiro atoms. The first kappa shape index (κ1) is 12.6. The van der Waals surface area contributed by atoms with Gasteiger partial charge in [-0.2, -0.15) is 0 Å². The van der Waals surface area contributed by atoms with Crippen LogP contribution < -0.4 is 5.32 Å². The van der Waals surface area contributed by atoms with E-state index in [2.05, 4.69) is 61.6 Å². The van der Waals surface area contributed by atoms with E-state index in [1.807, 2.05) is 0 Å². The van der Waals surface area contributed by atoms with Crippen LogP contribution in [0.4, 0.5) is 0 Å². The van der Waals surface area contributed by atoms with Gasteiger partial charge in [-0.05, 0) is 45.3 Å². The Morgan fingerprint density at radius 1 is 1.24 bits per heavy atom. The van der Waals surface area contributed by atoms with E-state index in [4.69, 9.17) is 0 Å². The van der Waals surface area contributed by atoms with Gasteiger partial charge < -0.3 is 10.2 Å². The lowest BCUT2D eigenvalue weighted by Crippen LogP contribution is -2.37. The van der Waals surface area contributed by atoms with Crippen molar-refractivity contribution >= 4 is 0 Å². The Morgan fingerprint density at radius 3 is 2.41 bits per heavy atom. The second kappa shape index (κ2) is 5.65. The SMILES string of the molecule is CC(CNC(c1ccccc1)C1CC1)N(C)C. The number of hydrogen-bond acceptors (Lipinski definition) is 2. The van der Waals surface area contributed by atoms with Gasteiger partial charge in [0.15, 0.2) is 0 Å². The van der Waals surface area contributed by atoms with Crippen molar-refractivity contribution in [2.45, 2.75) is 31.8 Å². The van der Waals surface area contributed by atoms with Gasteiger partial charge in [-0.25, -0.2) is 0 Å². The number of rotatable bonds is 6. The van der Waals surface area contributed by atoms with Crippen LogP contribution in [0.15, 0.2) is 30.3 Å². The van der Waals surface area contributed by atoms with Gasteiger partial charge in [-0.3, -0.25) is 0 Å².